The summed E-state index contributed by atoms with van der Waals surface area (Å²) in [4.78, 5) is 4.37. The number of hydrogen-bond acceptors (Lipinski definition) is 4. The fourth-order valence-corrected chi connectivity index (χ4v) is 2.46. The smallest absolute Gasteiger partial charge is 0.124 e. The van der Waals surface area contributed by atoms with Gasteiger partial charge in [-0.1, -0.05) is 0 Å². The zero-order chi connectivity index (χ0) is 8.39. The van der Waals surface area contributed by atoms with Crippen molar-refractivity contribution in [1.82, 2.24) is 4.98 Å². The lowest BCUT2D eigenvalue weighted by molar-refractivity contribution is 1.01. The van der Waals surface area contributed by atoms with Crippen molar-refractivity contribution in [3.05, 3.63) is 27.9 Å². The van der Waals surface area contributed by atoms with Crippen molar-refractivity contribution in [3.8, 4) is 10.6 Å². The third-order valence-electron chi connectivity index (χ3n) is 1.53. The van der Waals surface area contributed by atoms with Crippen LogP contribution in [-0.4, -0.2) is 4.98 Å². The first-order valence-corrected chi connectivity index (χ1v) is 5.39. The van der Waals surface area contributed by atoms with Gasteiger partial charge in [0.05, 0.1) is 5.69 Å². The van der Waals surface area contributed by atoms with Crippen LogP contribution in [0.4, 0.5) is 0 Å². The average Bonchev–Trinajstić information content (AvgIpc) is 2.75. The maximum atomic E-state index is 5.46. The molecule has 2 nitrogen and oxygen atoms in total. The molecule has 0 unspecified atom stereocenters. The first kappa shape index (κ1) is 13.9. The number of nitrogens with two attached hydrogens (primary N) is 1. The second-order valence-electron chi connectivity index (χ2n) is 2.36. The van der Waals surface area contributed by atoms with Crippen molar-refractivity contribution in [2.45, 2.75) is 6.54 Å². The van der Waals surface area contributed by atoms with Gasteiger partial charge in [-0.2, -0.15) is 11.3 Å². The molecule has 0 saturated carbocycles. The van der Waals surface area contributed by atoms with Crippen LogP contribution in [0.5, 0.6) is 0 Å². The fourth-order valence-electron chi connectivity index (χ4n) is 0.919. The molecule has 0 bridgehead atoms. The van der Waals surface area contributed by atoms with Crippen LogP contribution in [-0.2, 0) is 6.54 Å². The van der Waals surface area contributed by atoms with Crippen LogP contribution >= 0.6 is 47.5 Å². The standard InChI is InChI=1S/C8H8N2S2.2ClH/c9-3-7-5-12-8(10-7)6-1-2-11-4-6;;/h1-2,4-5H,3,9H2;2*1H. The molecule has 2 aromatic heterocycles. The lowest BCUT2D eigenvalue weighted by Gasteiger charge is -1.86. The Morgan fingerprint density at radius 1 is 1.29 bits per heavy atom. The van der Waals surface area contributed by atoms with Crippen LogP contribution in [0, 0.1) is 0 Å². The minimum Gasteiger partial charge on any atom is -0.325 e. The van der Waals surface area contributed by atoms with Crippen LogP contribution in [0.2, 0.25) is 0 Å². The number of nitrogens with zero attached hydrogens (tertiary/aromatic N) is 1. The molecule has 0 radical (unpaired) electrons. The quantitative estimate of drug-likeness (QED) is 0.909. The number of halogens is 2. The minimum atomic E-state index is 0. The van der Waals surface area contributed by atoms with Gasteiger partial charge in [0.2, 0.25) is 0 Å². The SMILES string of the molecule is Cl.Cl.NCc1csc(-c2ccsc2)n1. The van der Waals surface area contributed by atoms with Gasteiger partial charge in [0, 0.05) is 22.9 Å². The van der Waals surface area contributed by atoms with Gasteiger partial charge in [0.25, 0.3) is 0 Å². The summed E-state index contributed by atoms with van der Waals surface area (Å²) < 4.78 is 0. The average molecular weight is 269 g/mol. The van der Waals surface area contributed by atoms with Crippen LogP contribution in [0.3, 0.4) is 0 Å². The minimum absolute atomic E-state index is 0. The molecule has 14 heavy (non-hydrogen) atoms. The van der Waals surface area contributed by atoms with E-state index in [-0.39, 0.29) is 24.8 Å². The summed E-state index contributed by atoms with van der Waals surface area (Å²) in [5.41, 5.74) is 7.64. The number of rotatable bonds is 2. The fraction of sp³-hybridized carbons (Fsp3) is 0.125. The molecule has 0 fully saturated rings. The van der Waals surface area contributed by atoms with Crippen LogP contribution in [0.1, 0.15) is 5.69 Å². The highest BCUT2D eigenvalue weighted by Gasteiger charge is 2.02. The molecule has 6 heteroatoms. The Morgan fingerprint density at radius 3 is 2.57 bits per heavy atom. The van der Waals surface area contributed by atoms with E-state index in [4.69, 9.17) is 5.73 Å². The highest BCUT2D eigenvalue weighted by atomic mass is 35.5. The largest absolute Gasteiger partial charge is 0.325 e. The van der Waals surface area contributed by atoms with Crippen molar-refractivity contribution < 1.29 is 0 Å². The summed E-state index contributed by atoms with van der Waals surface area (Å²) in [7, 11) is 0. The summed E-state index contributed by atoms with van der Waals surface area (Å²) in [6.45, 7) is 0.528. The van der Waals surface area contributed by atoms with Gasteiger partial charge in [-0.3, -0.25) is 0 Å². The number of thiophene rings is 1. The molecule has 0 aromatic carbocycles. The summed E-state index contributed by atoms with van der Waals surface area (Å²) in [5.74, 6) is 0. The molecule has 2 rings (SSSR count). The molecular formula is C8H10Cl2N2S2. The first-order valence-electron chi connectivity index (χ1n) is 3.57. The number of thiazole rings is 1. The third kappa shape index (κ3) is 2.93. The molecule has 0 amide bonds. The van der Waals surface area contributed by atoms with Crippen LogP contribution in [0.25, 0.3) is 10.6 Å². The molecule has 0 atom stereocenters. The highest BCUT2D eigenvalue weighted by molar-refractivity contribution is 7.14. The Balaban J connectivity index is 0.000000845. The highest BCUT2D eigenvalue weighted by Crippen LogP contribution is 2.25. The van der Waals surface area contributed by atoms with Gasteiger partial charge in [0.15, 0.2) is 0 Å². The zero-order valence-electron chi connectivity index (χ0n) is 7.17. The molecule has 0 spiro atoms. The zero-order valence-corrected chi connectivity index (χ0v) is 10.4. The maximum Gasteiger partial charge on any atom is 0.124 e. The Morgan fingerprint density at radius 2 is 2.07 bits per heavy atom. The summed E-state index contributed by atoms with van der Waals surface area (Å²) in [5, 5.41) is 7.22. The topological polar surface area (TPSA) is 38.9 Å². The molecule has 0 aliphatic heterocycles. The van der Waals surface area contributed by atoms with Gasteiger partial charge in [-0.25, -0.2) is 4.98 Å². The normalized spacial score (nSPS) is 8.93. The molecule has 78 valence electrons. The van der Waals surface area contributed by atoms with Crippen LogP contribution in [0.15, 0.2) is 22.2 Å². The summed E-state index contributed by atoms with van der Waals surface area (Å²) in [6.07, 6.45) is 0. The number of aromatic nitrogens is 1. The molecule has 0 aliphatic rings. The molecule has 2 aromatic rings. The van der Waals surface area contributed by atoms with E-state index in [1.165, 1.54) is 5.56 Å². The van der Waals surface area contributed by atoms with E-state index < -0.39 is 0 Å². The van der Waals surface area contributed by atoms with E-state index in [1.54, 1.807) is 22.7 Å². The Bertz CT molecular complexity index is 359. The third-order valence-corrected chi connectivity index (χ3v) is 3.15. The molecular weight excluding hydrogens is 259 g/mol. The van der Waals surface area contributed by atoms with Gasteiger partial charge in [-0.05, 0) is 11.4 Å². The van der Waals surface area contributed by atoms with E-state index in [0.29, 0.717) is 6.54 Å². The van der Waals surface area contributed by atoms with Gasteiger partial charge < -0.3 is 5.73 Å². The van der Waals surface area contributed by atoms with Gasteiger partial charge in [0.1, 0.15) is 5.01 Å². The van der Waals surface area contributed by atoms with Crippen molar-refractivity contribution >= 4 is 47.5 Å². The van der Waals surface area contributed by atoms with Crippen molar-refractivity contribution in [2.75, 3.05) is 0 Å². The van der Waals surface area contributed by atoms with Crippen LogP contribution < -0.4 is 5.73 Å². The summed E-state index contributed by atoms with van der Waals surface area (Å²) >= 11 is 3.33. The molecule has 0 saturated heterocycles. The van der Waals surface area contributed by atoms with Crippen molar-refractivity contribution in [3.63, 3.8) is 0 Å². The van der Waals surface area contributed by atoms with E-state index in [9.17, 15) is 0 Å². The Kier molecular flexibility index (Phi) is 6.31. The van der Waals surface area contributed by atoms with E-state index in [1.807, 2.05) is 5.38 Å². The van der Waals surface area contributed by atoms with E-state index in [0.717, 1.165) is 10.7 Å². The monoisotopic (exact) mass is 268 g/mol. The predicted octanol–water partition coefficient (Wildman–Crippen LogP) is 3.17. The molecule has 2 N–H and O–H groups in total. The van der Waals surface area contributed by atoms with Crippen molar-refractivity contribution in [1.29, 1.82) is 0 Å². The van der Waals surface area contributed by atoms with Gasteiger partial charge in [-0.15, -0.1) is 36.2 Å². The molecule has 2 heterocycles. The van der Waals surface area contributed by atoms with E-state index >= 15 is 0 Å². The Hall–Kier alpha value is -0.130. The lowest BCUT2D eigenvalue weighted by Crippen LogP contribution is -1.95. The predicted molar refractivity (Wildman–Crippen MR) is 67.8 cm³/mol. The van der Waals surface area contributed by atoms with Crippen molar-refractivity contribution in [2.24, 2.45) is 5.73 Å². The number of hydrogen-bond donors (Lipinski definition) is 1. The summed E-state index contributed by atoms with van der Waals surface area (Å²) in [6, 6.07) is 2.07. The Labute approximate surface area is 103 Å². The van der Waals surface area contributed by atoms with E-state index in [2.05, 4.69) is 21.8 Å². The lowest BCUT2D eigenvalue weighted by atomic mass is 10.4. The second-order valence-corrected chi connectivity index (χ2v) is 4.00. The molecule has 0 aliphatic carbocycles. The first-order chi connectivity index (χ1) is 5.90. The second kappa shape index (κ2) is 6.37. The van der Waals surface area contributed by atoms with Gasteiger partial charge >= 0.3 is 0 Å². The maximum absolute atomic E-state index is 5.46.